The van der Waals surface area contributed by atoms with E-state index in [1.54, 1.807) is 20.8 Å². The van der Waals surface area contributed by atoms with E-state index in [0.29, 0.717) is 6.42 Å². The number of carboxylic acids is 1. The van der Waals surface area contributed by atoms with Crippen molar-refractivity contribution in [3.05, 3.63) is 0 Å². The fraction of sp³-hybridized carbons (Fsp3) is 0.833. The van der Waals surface area contributed by atoms with Gasteiger partial charge in [-0.2, -0.15) is 0 Å². The van der Waals surface area contributed by atoms with E-state index < -0.39 is 17.4 Å². The lowest BCUT2D eigenvalue weighted by Crippen LogP contribution is -2.45. The molecule has 0 radical (unpaired) electrons. The molecular formula is C12H22O4. The van der Waals surface area contributed by atoms with Crippen LogP contribution in [0.3, 0.4) is 0 Å². The monoisotopic (exact) mass is 230 g/mol. The van der Waals surface area contributed by atoms with Crippen molar-refractivity contribution in [3.8, 4) is 0 Å². The van der Waals surface area contributed by atoms with E-state index in [1.807, 2.05) is 6.92 Å². The maximum Gasteiger partial charge on any atom is 0.323 e. The normalized spacial score (nSPS) is 16.2. The predicted molar refractivity (Wildman–Crippen MR) is 61.1 cm³/mol. The molecule has 2 atom stereocenters. The van der Waals surface area contributed by atoms with Crippen LogP contribution in [0.2, 0.25) is 0 Å². The zero-order valence-corrected chi connectivity index (χ0v) is 10.6. The van der Waals surface area contributed by atoms with Gasteiger partial charge in [-0.15, -0.1) is 0 Å². The van der Waals surface area contributed by atoms with Gasteiger partial charge in [-0.05, 0) is 25.7 Å². The number of carbonyl (C=O) groups excluding carboxylic acids is 1. The summed E-state index contributed by atoms with van der Waals surface area (Å²) in [5.74, 6) is -1.89. The third kappa shape index (κ3) is 2.74. The summed E-state index contributed by atoms with van der Waals surface area (Å²) < 4.78 is 4.91. The van der Waals surface area contributed by atoms with Gasteiger partial charge in [0, 0.05) is 0 Å². The fourth-order valence-electron chi connectivity index (χ4n) is 2.08. The first kappa shape index (κ1) is 14.9. The molecule has 0 heterocycles. The number of rotatable bonds is 7. The lowest BCUT2D eigenvalue weighted by Gasteiger charge is -2.31. The molecule has 94 valence electrons. The number of hydrogen-bond donors (Lipinski definition) is 1. The third-order valence-electron chi connectivity index (χ3n) is 3.14. The molecule has 0 aromatic heterocycles. The third-order valence-corrected chi connectivity index (χ3v) is 3.14. The van der Waals surface area contributed by atoms with Gasteiger partial charge in [0.25, 0.3) is 0 Å². The van der Waals surface area contributed by atoms with Crippen molar-refractivity contribution in [2.75, 3.05) is 6.61 Å². The van der Waals surface area contributed by atoms with E-state index in [9.17, 15) is 14.7 Å². The van der Waals surface area contributed by atoms with Crippen LogP contribution in [0.4, 0.5) is 0 Å². The van der Waals surface area contributed by atoms with E-state index >= 15 is 0 Å². The number of carboxylic acid groups (broad SMARTS) is 1. The molecule has 0 aromatic carbocycles. The van der Waals surface area contributed by atoms with Crippen molar-refractivity contribution in [2.45, 2.75) is 47.0 Å². The molecule has 0 amide bonds. The van der Waals surface area contributed by atoms with Gasteiger partial charge in [-0.1, -0.05) is 27.2 Å². The summed E-state index contributed by atoms with van der Waals surface area (Å²) in [7, 11) is 0. The minimum atomic E-state index is -1.38. The van der Waals surface area contributed by atoms with Crippen LogP contribution < -0.4 is 0 Å². The minimum Gasteiger partial charge on any atom is -0.480 e. The molecule has 1 N–H and O–H groups in total. The highest BCUT2D eigenvalue weighted by molar-refractivity contribution is 5.99. The highest BCUT2D eigenvalue weighted by Gasteiger charge is 2.50. The van der Waals surface area contributed by atoms with Gasteiger partial charge in [-0.3, -0.25) is 9.59 Å². The Hall–Kier alpha value is -1.06. The second-order valence-electron chi connectivity index (χ2n) is 4.04. The van der Waals surface area contributed by atoms with Crippen LogP contribution in [0.1, 0.15) is 47.0 Å². The number of esters is 1. The van der Waals surface area contributed by atoms with Crippen molar-refractivity contribution < 1.29 is 19.4 Å². The summed E-state index contributed by atoms with van der Waals surface area (Å²) in [6.45, 7) is 7.40. The highest BCUT2D eigenvalue weighted by atomic mass is 16.5. The Bertz CT molecular complexity index is 249. The van der Waals surface area contributed by atoms with Crippen molar-refractivity contribution >= 4 is 11.9 Å². The van der Waals surface area contributed by atoms with E-state index in [-0.39, 0.29) is 18.9 Å². The molecule has 16 heavy (non-hydrogen) atoms. The van der Waals surface area contributed by atoms with Crippen molar-refractivity contribution in [3.63, 3.8) is 0 Å². The average molecular weight is 230 g/mol. The second-order valence-corrected chi connectivity index (χ2v) is 4.04. The first-order valence-electron chi connectivity index (χ1n) is 5.87. The number of aliphatic carboxylic acids is 1. The number of ether oxygens (including phenoxy) is 1. The van der Waals surface area contributed by atoms with Crippen LogP contribution in [-0.4, -0.2) is 23.7 Å². The van der Waals surface area contributed by atoms with E-state index in [1.165, 1.54) is 0 Å². The van der Waals surface area contributed by atoms with E-state index in [4.69, 9.17) is 4.74 Å². The molecule has 0 saturated carbocycles. The fourth-order valence-corrected chi connectivity index (χ4v) is 2.08. The SMILES string of the molecule is CCC[C@H](C)[C@@](CC)(C(=O)O)C(=O)OCC. The Kier molecular flexibility index (Phi) is 6.08. The molecule has 0 unspecified atom stereocenters. The van der Waals surface area contributed by atoms with Crippen molar-refractivity contribution in [2.24, 2.45) is 11.3 Å². The average Bonchev–Trinajstić information content (AvgIpc) is 2.19. The summed E-state index contributed by atoms with van der Waals surface area (Å²) in [5, 5.41) is 9.32. The van der Waals surface area contributed by atoms with Gasteiger partial charge in [0.05, 0.1) is 6.61 Å². The molecule has 0 bridgehead atoms. The minimum absolute atomic E-state index is 0.209. The zero-order valence-electron chi connectivity index (χ0n) is 10.6. The number of hydrogen-bond acceptors (Lipinski definition) is 3. The van der Waals surface area contributed by atoms with Crippen LogP contribution in [-0.2, 0) is 14.3 Å². The van der Waals surface area contributed by atoms with Gasteiger partial charge < -0.3 is 9.84 Å². The largest absolute Gasteiger partial charge is 0.480 e. The smallest absolute Gasteiger partial charge is 0.323 e. The summed E-state index contributed by atoms with van der Waals surface area (Å²) in [4.78, 5) is 23.2. The summed E-state index contributed by atoms with van der Waals surface area (Å²) in [6.07, 6.45) is 1.83. The lowest BCUT2D eigenvalue weighted by molar-refractivity contribution is -0.173. The van der Waals surface area contributed by atoms with Crippen LogP contribution in [0.15, 0.2) is 0 Å². The first-order valence-corrected chi connectivity index (χ1v) is 5.87. The Labute approximate surface area is 97.0 Å². The van der Waals surface area contributed by atoms with Crippen molar-refractivity contribution in [1.82, 2.24) is 0 Å². The summed E-state index contributed by atoms with van der Waals surface area (Å²) in [6, 6.07) is 0. The molecule has 0 spiro atoms. The molecule has 0 rings (SSSR count). The topological polar surface area (TPSA) is 63.6 Å². The number of carbonyl (C=O) groups is 2. The summed E-state index contributed by atoms with van der Waals surface area (Å²) in [5.41, 5.74) is -1.38. The predicted octanol–water partition coefficient (Wildman–Crippen LogP) is 2.47. The second kappa shape index (κ2) is 6.51. The Morgan fingerprint density at radius 3 is 2.19 bits per heavy atom. The highest BCUT2D eigenvalue weighted by Crippen LogP contribution is 2.36. The molecule has 0 fully saturated rings. The lowest BCUT2D eigenvalue weighted by atomic mass is 9.72. The zero-order chi connectivity index (χ0) is 12.8. The van der Waals surface area contributed by atoms with Gasteiger partial charge in [0.15, 0.2) is 5.41 Å². The van der Waals surface area contributed by atoms with Crippen LogP contribution >= 0.6 is 0 Å². The summed E-state index contributed by atoms with van der Waals surface area (Å²) >= 11 is 0. The Morgan fingerprint density at radius 1 is 1.31 bits per heavy atom. The molecule has 4 nitrogen and oxygen atoms in total. The first-order chi connectivity index (χ1) is 7.47. The van der Waals surface area contributed by atoms with Gasteiger partial charge in [0.1, 0.15) is 0 Å². The molecule has 4 heteroatoms. The molecule has 0 aliphatic carbocycles. The molecule has 0 saturated heterocycles. The molecular weight excluding hydrogens is 208 g/mol. The quantitative estimate of drug-likeness (QED) is 0.539. The molecule has 0 aromatic rings. The molecule has 0 aliphatic rings. The van der Waals surface area contributed by atoms with Crippen LogP contribution in [0.5, 0.6) is 0 Å². The van der Waals surface area contributed by atoms with Gasteiger partial charge in [-0.25, -0.2) is 0 Å². The standard InChI is InChI=1S/C12H22O4/c1-5-8-9(4)12(6-2,10(13)14)11(15)16-7-3/h9H,5-8H2,1-4H3,(H,13,14)/t9-,12-/m0/s1. The van der Waals surface area contributed by atoms with Crippen LogP contribution in [0.25, 0.3) is 0 Å². The maximum absolute atomic E-state index is 11.9. The van der Waals surface area contributed by atoms with E-state index in [2.05, 4.69) is 0 Å². The van der Waals surface area contributed by atoms with Crippen LogP contribution in [0, 0.1) is 11.3 Å². The maximum atomic E-state index is 11.9. The van der Waals surface area contributed by atoms with Gasteiger partial charge in [0.2, 0.25) is 0 Å². The van der Waals surface area contributed by atoms with Gasteiger partial charge >= 0.3 is 11.9 Å². The van der Waals surface area contributed by atoms with Crippen molar-refractivity contribution in [1.29, 1.82) is 0 Å². The Balaban J connectivity index is 5.14. The molecule has 0 aliphatic heterocycles. The van der Waals surface area contributed by atoms with E-state index in [0.717, 1.165) is 6.42 Å². The Morgan fingerprint density at radius 2 is 1.88 bits per heavy atom.